The summed E-state index contributed by atoms with van der Waals surface area (Å²) in [7, 11) is 0. The normalized spacial score (nSPS) is 15.2. The highest BCUT2D eigenvalue weighted by Gasteiger charge is 2.30. The fraction of sp³-hybridized carbons (Fsp3) is 0.471. The third kappa shape index (κ3) is 3.95. The van der Waals surface area contributed by atoms with Gasteiger partial charge in [-0.1, -0.05) is 11.6 Å². The van der Waals surface area contributed by atoms with E-state index in [4.69, 9.17) is 11.6 Å². The van der Waals surface area contributed by atoms with Gasteiger partial charge in [0.05, 0.1) is 11.4 Å². The highest BCUT2D eigenvalue weighted by molar-refractivity contribution is 6.29. The molecule has 1 aliphatic carbocycles. The molecule has 6 nitrogen and oxygen atoms in total. The molecular weight excluding hydrogens is 366 g/mol. The van der Waals surface area contributed by atoms with E-state index in [0.29, 0.717) is 22.9 Å². The van der Waals surface area contributed by atoms with Gasteiger partial charge >= 0.3 is 6.61 Å². The molecule has 2 heterocycles. The van der Waals surface area contributed by atoms with Crippen LogP contribution in [0.5, 0.6) is 5.88 Å². The first-order chi connectivity index (χ1) is 12.3. The number of pyridine rings is 1. The van der Waals surface area contributed by atoms with E-state index < -0.39 is 6.61 Å². The van der Waals surface area contributed by atoms with Crippen LogP contribution in [-0.4, -0.2) is 21.1 Å². The fourth-order valence-electron chi connectivity index (χ4n) is 2.81. The molecule has 0 aliphatic heterocycles. The van der Waals surface area contributed by atoms with Crippen LogP contribution >= 0.6 is 11.6 Å². The number of hydrogen-bond donors (Lipinski definition) is 1. The number of anilines is 2. The van der Waals surface area contributed by atoms with Gasteiger partial charge in [-0.15, -0.1) is 0 Å². The van der Waals surface area contributed by atoms with Crippen molar-refractivity contribution in [3.05, 3.63) is 39.0 Å². The van der Waals surface area contributed by atoms with E-state index >= 15 is 0 Å². The van der Waals surface area contributed by atoms with Gasteiger partial charge in [0.2, 0.25) is 5.88 Å². The minimum absolute atomic E-state index is 0.0336. The Morgan fingerprint density at radius 1 is 1.35 bits per heavy atom. The van der Waals surface area contributed by atoms with Crippen LogP contribution in [0.4, 0.5) is 20.3 Å². The second-order valence-corrected chi connectivity index (χ2v) is 6.84. The zero-order valence-electron chi connectivity index (χ0n) is 14.6. The molecule has 1 fully saturated rings. The van der Waals surface area contributed by atoms with Crippen LogP contribution in [0.25, 0.3) is 0 Å². The summed E-state index contributed by atoms with van der Waals surface area (Å²) in [4.78, 5) is 20.8. The molecule has 26 heavy (non-hydrogen) atoms. The van der Waals surface area contributed by atoms with Crippen molar-refractivity contribution in [1.29, 1.82) is 0 Å². The Labute approximate surface area is 154 Å². The predicted octanol–water partition coefficient (Wildman–Crippen LogP) is 4.22. The van der Waals surface area contributed by atoms with Crippen molar-refractivity contribution in [2.45, 2.75) is 46.3 Å². The predicted molar refractivity (Wildman–Crippen MR) is 94.6 cm³/mol. The SMILES string of the molecule is Cc1cc(Nc2nc(Cl)cn([C@H](C)C3CC3)c2=O)c(C)nc1OC(F)F. The van der Waals surface area contributed by atoms with E-state index in [1.807, 2.05) is 6.92 Å². The molecule has 0 bridgehead atoms. The van der Waals surface area contributed by atoms with Crippen molar-refractivity contribution in [3.8, 4) is 5.88 Å². The highest BCUT2D eigenvalue weighted by Crippen LogP contribution is 2.39. The van der Waals surface area contributed by atoms with Crippen LogP contribution in [0.3, 0.4) is 0 Å². The lowest BCUT2D eigenvalue weighted by Gasteiger charge is -2.17. The van der Waals surface area contributed by atoms with Gasteiger partial charge < -0.3 is 14.6 Å². The van der Waals surface area contributed by atoms with Gasteiger partial charge in [0, 0.05) is 17.8 Å². The Hall–Kier alpha value is -2.22. The number of nitrogens with zero attached hydrogens (tertiary/aromatic N) is 3. The lowest BCUT2D eigenvalue weighted by atomic mass is 10.2. The highest BCUT2D eigenvalue weighted by atomic mass is 35.5. The summed E-state index contributed by atoms with van der Waals surface area (Å²) in [6.45, 7) is 2.24. The van der Waals surface area contributed by atoms with Crippen molar-refractivity contribution in [3.63, 3.8) is 0 Å². The van der Waals surface area contributed by atoms with Crippen LogP contribution < -0.4 is 15.6 Å². The van der Waals surface area contributed by atoms with E-state index in [1.165, 1.54) is 6.20 Å². The molecule has 0 radical (unpaired) electrons. The first-order valence-corrected chi connectivity index (χ1v) is 8.62. The van der Waals surface area contributed by atoms with Gasteiger partial charge in [-0.2, -0.15) is 8.78 Å². The number of rotatable bonds is 6. The van der Waals surface area contributed by atoms with E-state index in [-0.39, 0.29) is 28.5 Å². The molecule has 0 spiro atoms. The molecule has 0 saturated heterocycles. The van der Waals surface area contributed by atoms with Crippen molar-refractivity contribution in [1.82, 2.24) is 14.5 Å². The number of alkyl halides is 2. The first kappa shape index (κ1) is 18.6. The van der Waals surface area contributed by atoms with Crippen molar-refractivity contribution in [2.24, 2.45) is 5.92 Å². The van der Waals surface area contributed by atoms with Crippen LogP contribution in [0.15, 0.2) is 17.1 Å². The van der Waals surface area contributed by atoms with E-state index in [0.717, 1.165) is 12.8 Å². The summed E-state index contributed by atoms with van der Waals surface area (Å²) in [5, 5.41) is 3.12. The molecule has 2 aromatic heterocycles. The zero-order valence-corrected chi connectivity index (χ0v) is 15.3. The maximum absolute atomic E-state index is 12.7. The number of aromatic nitrogens is 3. The maximum atomic E-state index is 12.7. The third-order valence-electron chi connectivity index (χ3n) is 4.46. The zero-order chi connectivity index (χ0) is 19.0. The molecule has 0 amide bonds. The molecule has 0 aromatic carbocycles. The van der Waals surface area contributed by atoms with E-state index in [9.17, 15) is 13.6 Å². The molecule has 140 valence electrons. The van der Waals surface area contributed by atoms with Gasteiger partial charge in [0.1, 0.15) is 5.15 Å². The average molecular weight is 385 g/mol. The Bertz CT molecular complexity index is 884. The fourth-order valence-corrected chi connectivity index (χ4v) is 3.00. The molecule has 1 atom stereocenters. The number of nitrogens with one attached hydrogen (secondary N) is 1. The van der Waals surface area contributed by atoms with Gasteiger partial charge in [0.25, 0.3) is 5.56 Å². The van der Waals surface area contributed by atoms with E-state index in [2.05, 4.69) is 20.0 Å². The Balaban J connectivity index is 1.94. The number of aryl methyl sites for hydroxylation is 2. The molecule has 3 rings (SSSR count). The minimum Gasteiger partial charge on any atom is -0.417 e. The maximum Gasteiger partial charge on any atom is 0.388 e. The summed E-state index contributed by atoms with van der Waals surface area (Å²) in [5.74, 6) is 0.383. The molecule has 2 aromatic rings. The van der Waals surface area contributed by atoms with Gasteiger partial charge in [-0.25, -0.2) is 9.97 Å². The smallest absolute Gasteiger partial charge is 0.388 e. The van der Waals surface area contributed by atoms with Gasteiger partial charge in [-0.05, 0) is 45.6 Å². The molecule has 1 saturated carbocycles. The lowest BCUT2D eigenvalue weighted by molar-refractivity contribution is -0.0533. The van der Waals surface area contributed by atoms with Crippen molar-refractivity contribution in [2.75, 3.05) is 5.32 Å². The Morgan fingerprint density at radius 3 is 2.65 bits per heavy atom. The van der Waals surface area contributed by atoms with Crippen LogP contribution in [0.2, 0.25) is 5.15 Å². The second kappa shape index (κ2) is 7.19. The third-order valence-corrected chi connectivity index (χ3v) is 4.64. The molecule has 1 N–H and O–H groups in total. The average Bonchev–Trinajstić information content (AvgIpc) is 3.39. The topological polar surface area (TPSA) is 69.0 Å². The number of ether oxygens (including phenoxy) is 1. The molecule has 0 unspecified atom stereocenters. The monoisotopic (exact) mass is 384 g/mol. The summed E-state index contributed by atoms with van der Waals surface area (Å²) in [5.41, 5.74) is 0.988. The molecular formula is C17H19ClF2N4O2. The Morgan fingerprint density at radius 2 is 2.04 bits per heavy atom. The molecule has 9 heteroatoms. The second-order valence-electron chi connectivity index (χ2n) is 6.45. The van der Waals surface area contributed by atoms with Crippen LogP contribution in [-0.2, 0) is 0 Å². The number of halogens is 3. The van der Waals surface area contributed by atoms with Crippen LogP contribution in [0.1, 0.15) is 37.1 Å². The first-order valence-electron chi connectivity index (χ1n) is 8.25. The van der Waals surface area contributed by atoms with Gasteiger partial charge in [-0.3, -0.25) is 4.79 Å². The lowest BCUT2D eigenvalue weighted by Crippen LogP contribution is -2.27. The Kier molecular flexibility index (Phi) is 5.13. The molecule has 1 aliphatic rings. The quantitative estimate of drug-likeness (QED) is 0.807. The summed E-state index contributed by atoms with van der Waals surface area (Å²) >= 11 is 6.08. The largest absolute Gasteiger partial charge is 0.417 e. The number of hydrogen-bond acceptors (Lipinski definition) is 5. The van der Waals surface area contributed by atoms with Crippen molar-refractivity contribution >= 4 is 23.1 Å². The summed E-state index contributed by atoms with van der Waals surface area (Å²) < 4.78 is 30.8. The minimum atomic E-state index is -2.95. The van der Waals surface area contributed by atoms with Crippen molar-refractivity contribution < 1.29 is 13.5 Å². The van der Waals surface area contributed by atoms with Crippen LogP contribution in [0, 0.1) is 19.8 Å². The van der Waals surface area contributed by atoms with E-state index in [1.54, 1.807) is 24.5 Å². The standard InChI is InChI=1S/C17H19ClF2N4O2/c1-8-6-12(9(2)21-15(8)26-17(19)20)22-14-16(25)24(7-13(18)23-14)10(3)11-4-5-11/h6-7,10-11,17H,4-5H2,1-3H3,(H,22,23)/t10-/m1/s1. The van der Waals surface area contributed by atoms with Gasteiger partial charge in [0.15, 0.2) is 5.82 Å². The summed E-state index contributed by atoms with van der Waals surface area (Å²) in [6, 6.07) is 1.61. The summed E-state index contributed by atoms with van der Waals surface area (Å²) in [6.07, 6.45) is 3.71.